The van der Waals surface area contributed by atoms with Gasteiger partial charge in [-0.15, -0.1) is 0 Å². The molecule has 0 aliphatic carbocycles. The first-order valence-electron chi connectivity index (χ1n) is 6.95. The van der Waals surface area contributed by atoms with Gasteiger partial charge in [-0.3, -0.25) is 0 Å². The van der Waals surface area contributed by atoms with Gasteiger partial charge < -0.3 is 9.47 Å². The maximum atomic E-state index is 8.96. The predicted octanol–water partition coefficient (Wildman–Crippen LogP) is 4.16. The monoisotopic (exact) mass is 261 g/mol. The SMILES string of the molecule is CCCCC(CC)COc1cc(C#N)cc(OC)c1. The van der Waals surface area contributed by atoms with E-state index in [0.717, 1.165) is 6.42 Å². The molecule has 1 aromatic carbocycles. The Morgan fingerprint density at radius 2 is 1.95 bits per heavy atom. The number of hydrogen-bond acceptors (Lipinski definition) is 3. The zero-order valence-corrected chi connectivity index (χ0v) is 12.1. The van der Waals surface area contributed by atoms with Gasteiger partial charge in [0.05, 0.1) is 25.3 Å². The van der Waals surface area contributed by atoms with E-state index >= 15 is 0 Å². The number of ether oxygens (including phenoxy) is 2. The molecule has 0 saturated carbocycles. The molecule has 1 rings (SSSR count). The Morgan fingerprint density at radius 1 is 1.21 bits per heavy atom. The average Bonchev–Trinajstić information content (AvgIpc) is 2.47. The van der Waals surface area contributed by atoms with Crippen LogP contribution in [0.2, 0.25) is 0 Å². The summed E-state index contributed by atoms with van der Waals surface area (Å²) in [5, 5.41) is 8.96. The molecule has 0 amide bonds. The minimum atomic E-state index is 0.566. The second-order valence-electron chi connectivity index (χ2n) is 4.74. The van der Waals surface area contributed by atoms with Crippen LogP contribution in [0.5, 0.6) is 11.5 Å². The zero-order chi connectivity index (χ0) is 14.1. The van der Waals surface area contributed by atoms with Crippen molar-refractivity contribution in [1.82, 2.24) is 0 Å². The summed E-state index contributed by atoms with van der Waals surface area (Å²) in [5.74, 6) is 1.96. The van der Waals surface area contributed by atoms with Crippen LogP contribution in [0, 0.1) is 17.2 Å². The Morgan fingerprint density at radius 3 is 2.53 bits per heavy atom. The fraction of sp³-hybridized carbons (Fsp3) is 0.562. The summed E-state index contributed by atoms with van der Waals surface area (Å²) in [6.45, 7) is 5.10. The quantitative estimate of drug-likeness (QED) is 0.705. The van der Waals surface area contributed by atoms with Gasteiger partial charge in [0.2, 0.25) is 0 Å². The lowest BCUT2D eigenvalue weighted by Crippen LogP contribution is -2.11. The molecule has 0 bridgehead atoms. The zero-order valence-electron chi connectivity index (χ0n) is 12.1. The Bertz CT molecular complexity index is 423. The number of nitriles is 1. The maximum Gasteiger partial charge on any atom is 0.124 e. The van der Waals surface area contributed by atoms with Crippen molar-refractivity contribution in [3.63, 3.8) is 0 Å². The number of nitrogens with zero attached hydrogens (tertiary/aromatic N) is 1. The Balaban J connectivity index is 2.63. The summed E-state index contributed by atoms with van der Waals surface area (Å²) in [6, 6.07) is 7.41. The van der Waals surface area contributed by atoms with Crippen LogP contribution in [0.4, 0.5) is 0 Å². The fourth-order valence-corrected chi connectivity index (χ4v) is 1.95. The number of methoxy groups -OCH3 is 1. The van der Waals surface area contributed by atoms with Crippen molar-refractivity contribution in [2.75, 3.05) is 13.7 Å². The lowest BCUT2D eigenvalue weighted by atomic mass is 10.0. The molecule has 0 saturated heterocycles. The second-order valence-corrected chi connectivity index (χ2v) is 4.74. The van der Waals surface area contributed by atoms with E-state index in [1.165, 1.54) is 19.3 Å². The highest BCUT2D eigenvalue weighted by Gasteiger charge is 2.08. The van der Waals surface area contributed by atoms with Crippen LogP contribution in [0.1, 0.15) is 45.1 Å². The third-order valence-electron chi connectivity index (χ3n) is 3.27. The molecular weight excluding hydrogens is 238 g/mol. The molecule has 0 aromatic heterocycles. The van der Waals surface area contributed by atoms with Gasteiger partial charge in [-0.2, -0.15) is 5.26 Å². The highest BCUT2D eigenvalue weighted by molar-refractivity contribution is 5.43. The first-order chi connectivity index (χ1) is 9.23. The standard InChI is InChI=1S/C16H23NO2/c1-4-6-7-13(5-2)12-19-16-9-14(11-17)8-15(10-16)18-3/h8-10,13H,4-7,12H2,1-3H3. The molecule has 0 fully saturated rings. The maximum absolute atomic E-state index is 8.96. The van der Waals surface area contributed by atoms with Crippen molar-refractivity contribution < 1.29 is 9.47 Å². The summed E-state index contributed by atoms with van der Waals surface area (Å²) in [7, 11) is 1.59. The smallest absolute Gasteiger partial charge is 0.124 e. The number of benzene rings is 1. The largest absolute Gasteiger partial charge is 0.497 e. The molecule has 3 heteroatoms. The predicted molar refractivity (Wildman–Crippen MR) is 76.5 cm³/mol. The molecule has 0 aliphatic rings. The number of unbranched alkanes of at least 4 members (excludes halogenated alkanes) is 1. The van der Waals surface area contributed by atoms with E-state index in [2.05, 4.69) is 19.9 Å². The number of rotatable bonds is 8. The van der Waals surface area contributed by atoms with Crippen molar-refractivity contribution in [2.24, 2.45) is 5.92 Å². The van der Waals surface area contributed by atoms with Gasteiger partial charge in [0.1, 0.15) is 11.5 Å². The van der Waals surface area contributed by atoms with E-state index in [0.29, 0.717) is 29.6 Å². The van der Waals surface area contributed by atoms with E-state index in [4.69, 9.17) is 14.7 Å². The summed E-state index contributed by atoms with van der Waals surface area (Å²) >= 11 is 0. The molecule has 1 unspecified atom stereocenters. The summed E-state index contributed by atoms with van der Waals surface area (Å²) in [5.41, 5.74) is 0.566. The molecule has 3 nitrogen and oxygen atoms in total. The normalized spacial score (nSPS) is 11.7. The highest BCUT2D eigenvalue weighted by atomic mass is 16.5. The van der Waals surface area contributed by atoms with E-state index < -0.39 is 0 Å². The average molecular weight is 261 g/mol. The van der Waals surface area contributed by atoms with E-state index in [-0.39, 0.29) is 0 Å². The van der Waals surface area contributed by atoms with E-state index in [9.17, 15) is 0 Å². The van der Waals surface area contributed by atoms with Crippen LogP contribution in [0.15, 0.2) is 18.2 Å². The molecular formula is C16H23NO2. The molecule has 0 heterocycles. The first-order valence-corrected chi connectivity index (χ1v) is 6.95. The summed E-state index contributed by atoms with van der Waals surface area (Å²) in [6.07, 6.45) is 4.77. The lowest BCUT2D eigenvalue weighted by Gasteiger charge is -2.16. The Hall–Kier alpha value is -1.69. The Labute approximate surface area is 116 Å². The van der Waals surface area contributed by atoms with Crippen LogP contribution in [0.3, 0.4) is 0 Å². The topological polar surface area (TPSA) is 42.2 Å². The van der Waals surface area contributed by atoms with Crippen LogP contribution >= 0.6 is 0 Å². The van der Waals surface area contributed by atoms with Crippen LogP contribution in [-0.2, 0) is 0 Å². The molecule has 0 aliphatic heterocycles. The van der Waals surface area contributed by atoms with Crippen molar-refractivity contribution in [1.29, 1.82) is 5.26 Å². The van der Waals surface area contributed by atoms with Crippen LogP contribution in [-0.4, -0.2) is 13.7 Å². The van der Waals surface area contributed by atoms with Gasteiger partial charge in [-0.05, 0) is 24.5 Å². The molecule has 0 N–H and O–H groups in total. The van der Waals surface area contributed by atoms with Crippen molar-refractivity contribution >= 4 is 0 Å². The Kier molecular flexibility index (Phi) is 6.81. The molecule has 0 spiro atoms. The van der Waals surface area contributed by atoms with Crippen molar-refractivity contribution in [3.05, 3.63) is 23.8 Å². The van der Waals surface area contributed by atoms with Crippen molar-refractivity contribution in [3.8, 4) is 17.6 Å². The number of hydrogen-bond donors (Lipinski definition) is 0. The van der Waals surface area contributed by atoms with Gasteiger partial charge in [0, 0.05) is 6.07 Å². The van der Waals surface area contributed by atoms with Crippen molar-refractivity contribution in [2.45, 2.75) is 39.5 Å². The minimum Gasteiger partial charge on any atom is -0.497 e. The van der Waals surface area contributed by atoms with Gasteiger partial charge >= 0.3 is 0 Å². The lowest BCUT2D eigenvalue weighted by molar-refractivity contribution is 0.232. The van der Waals surface area contributed by atoms with Crippen LogP contribution < -0.4 is 9.47 Å². The summed E-state index contributed by atoms with van der Waals surface area (Å²) < 4.78 is 11.0. The molecule has 104 valence electrons. The second kappa shape index (κ2) is 8.42. The van der Waals surface area contributed by atoms with Gasteiger partial charge in [0.15, 0.2) is 0 Å². The molecule has 1 atom stereocenters. The molecule has 1 aromatic rings. The molecule has 0 radical (unpaired) electrons. The van der Waals surface area contributed by atoms with Crippen LogP contribution in [0.25, 0.3) is 0 Å². The first kappa shape index (κ1) is 15.4. The van der Waals surface area contributed by atoms with E-state index in [1.54, 1.807) is 19.2 Å². The third kappa shape index (κ3) is 5.21. The summed E-state index contributed by atoms with van der Waals surface area (Å²) in [4.78, 5) is 0. The fourth-order valence-electron chi connectivity index (χ4n) is 1.95. The van der Waals surface area contributed by atoms with Gasteiger partial charge in [-0.25, -0.2) is 0 Å². The molecule has 19 heavy (non-hydrogen) atoms. The van der Waals surface area contributed by atoms with E-state index in [1.807, 2.05) is 6.07 Å². The minimum absolute atomic E-state index is 0.566. The highest BCUT2D eigenvalue weighted by Crippen LogP contribution is 2.23. The van der Waals surface area contributed by atoms with Gasteiger partial charge in [-0.1, -0.05) is 33.1 Å². The third-order valence-corrected chi connectivity index (χ3v) is 3.27. The van der Waals surface area contributed by atoms with Gasteiger partial charge in [0.25, 0.3) is 0 Å².